The Kier molecular flexibility index (Phi) is 6.03. The molecule has 9 heteroatoms. The second kappa shape index (κ2) is 8.48. The average Bonchev–Trinajstić information content (AvgIpc) is 2.70. The van der Waals surface area contributed by atoms with Crippen LogP contribution in [0.1, 0.15) is 19.9 Å². The second-order valence-corrected chi connectivity index (χ2v) is 7.13. The lowest BCUT2D eigenvalue weighted by atomic mass is 10.0. The van der Waals surface area contributed by atoms with Gasteiger partial charge in [-0.1, -0.05) is 42.8 Å². The van der Waals surface area contributed by atoms with Gasteiger partial charge in [0.15, 0.2) is 0 Å². The number of benzene rings is 2. The second-order valence-electron chi connectivity index (χ2n) is 6.72. The summed E-state index contributed by atoms with van der Waals surface area (Å²) in [6, 6.07) is 9.09. The maximum absolute atomic E-state index is 13.1. The van der Waals surface area contributed by atoms with Crippen LogP contribution in [0.3, 0.4) is 0 Å². The molecule has 0 bridgehead atoms. The summed E-state index contributed by atoms with van der Waals surface area (Å²) < 4.78 is 11.6. The summed E-state index contributed by atoms with van der Waals surface area (Å²) in [7, 11) is 2.95. The fraction of sp³-hybridized carbons (Fsp3) is 0.300. The van der Waals surface area contributed by atoms with E-state index in [0.29, 0.717) is 33.1 Å². The number of rotatable bonds is 6. The Hall–Kier alpha value is -3.13. The zero-order valence-electron chi connectivity index (χ0n) is 16.5. The van der Waals surface area contributed by atoms with E-state index in [0.717, 1.165) is 4.68 Å². The lowest BCUT2D eigenvalue weighted by molar-refractivity contribution is -0.120. The maximum Gasteiger partial charge on any atom is 0.278 e. The van der Waals surface area contributed by atoms with Crippen molar-refractivity contribution in [2.24, 2.45) is 5.92 Å². The van der Waals surface area contributed by atoms with E-state index in [9.17, 15) is 9.59 Å². The van der Waals surface area contributed by atoms with Gasteiger partial charge in [-0.15, -0.1) is 5.10 Å². The Morgan fingerprint density at radius 2 is 1.83 bits per heavy atom. The fourth-order valence-electron chi connectivity index (χ4n) is 3.04. The minimum Gasteiger partial charge on any atom is -0.495 e. The number of methoxy groups -OCH3 is 2. The first kappa shape index (κ1) is 20.6. The molecular weight excluding hydrogens is 396 g/mol. The van der Waals surface area contributed by atoms with Crippen LogP contribution < -0.4 is 20.3 Å². The van der Waals surface area contributed by atoms with Crippen LogP contribution in [0.5, 0.6) is 11.5 Å². The predicted molar refractivity (Wildman–Crippen MR) is 111 cm³/mol. The van der Waals surface area contributed by atoms with Crippen molar-refractivity contribution in [2.45, 2.75) is 19.9 Å². The first-order valence-corrected chi connectivity index (χ1v) is 9.31. The summed E-state index contributed by atoms with van der Waals surface area (Å²) in [6.45, 7) is 3.65. The molecule has 1 N–H and O–H groups in total. The fourth-order valence-corrected chi connectivity index (χ4v) is 3.29. The number of nitrogens with one attached hydrogen (secondary N) is 1. The highest BCUT2D eigenvalue weighted by molar-refractivity contribution is 6.32. The lowest BCUT2D eigenvalue weighted by Crippen LogP contribution is -2.38. The number of carbonyl (C=O) groups is 1. The number of hydrogen-bond donors (Lipinski definition) is 1. The van der Waals surface area contributed by atoms with Crippen molar-refractivity contribution in [1.82, 2.24) is 15.0 Å². The van der Waals surface area contributed by atoms with Crippen LogP contribution in [0.15, 0.2) is 41.2 Å². The molecule has 3 aromatic rings. The molecule has 1 heterocycles. The molecule has 0 aliphatic carbocycles. The molecule has 1 amide bonds. The quantitative estimate of drug-likeness (QED) is 0.662. The molecule has 152 valence electrons. The van der Waals surface area contributed by atoms with Crippen molar-refractivity contribution in [1.29, 1.82) is 0 Å². The molecule has 1 aromatic heterocycles. The van der Waals surface area contributed by atoms with Crippen molar-refractivity contribution < 1.29 is 14.3 Å². The molecule has 1 unspecified atom stereocenters. The lowest BCUT2D eigenvalue weighted by Gasteiger charge is -2.22. The number of fused-ring (bicyclic) bond motifs is 1. The molecule has 0 spiro atoms. The number of amides is 1. The van der Waals surface area contributed by atoms with Gasteiger partial charge in [0, 0.05) is 6.07 Å². The predicted octanol–water partition coefficient (Wildman–Crippen LogP) is 3.30. The number of hydrogen-bond acceptors (Lipinski definition) is 6. The van der Waals surface area contributed by atoms with E-state index >= 15 is 0 Å². The summed E-state index contributed by atoms with van der Waals surface area (Å²) in [4.78, 5) is 26.0. The number of nitrogens with zero attached hydrogens (tertiary/aromatic N) is 3. The van der Waals surface area contributed by atoms with Crippen LogP contribution in [0, 0.1) is 5.92 Å². The molecule has 0 radical (unpaired) electrons. The van der Waals surface area contributed by atoms with Crippen molar-refractivity contribution in [3.63, 3.8) is 0 Å². The normalized spacial score (nSPS) is 12.1. The molecule has 3 rings (SSSR count). The molecule has 29 heavy (non-hydrogen) atoms. The first-order valence-electron chi connectivity index (χ1n) is 8.94. The standard InChI is InChI=1S/C20H21ClN4O4/c1-11(2)18(25-20(27)12-7-5-6-8-14(12)23-24-25)19(26)22-15-9-13(21)16(28-3)10-17(15)29-4/h5-11,18H,1-4H3,(H,22,26). The van der Waals surface area contributed by atoms with Gasteiger partial charge in [-0.25, -0.2) is 0 Å². The average molecular weight is 417 g/mol. The minimum atomic E-state index is -0.884. The van der Waals surface area contributed by atoms with Gasteiger partial charge >= 0.3 is 0 Å². The first-order chi connectivity index (χ1) is 13.9. The van der Waals surface area contributed by atoms with Gasteiger partial charge in [0.25, 0.3) is 5.56 Å². The third kappa shape index (κ3) is 4.02. The number of ether oxygens (including phenoxy) is 2. The molecule has 1 atom stereocenters. The maximum atomic E-state index is 13.1. The molecule has 0 aliphatic heterocycles. The van der Waals surface area contributed by atoms with Gasteiger partial charge in [-0.2, -0.15) is 4.68 Å². The Labute approximate surface area is 172 Å². The number of halogens is 1. The van der Waals surface area contributed by atoms with Crippen LogP contribution in [-0.4, -0.2) is 35.1 Å². The Morgan fingerprint density at radius 1 is 1.14 bits per heavy atom. The van der Waals surface area contributed by atoms with Crippen molar-refractivity contribution in [2.75, 3.05) is 19.5 Å². The molecule has 0 saturated heterocycles. The third-order valence-corrected chi connectivity index (χ3v) is 4.78. The van der Waals surface area contributed by atoms with E-state index in [4.69, 9.17) is 21.1 Å². The molecule has 8 nitrogen and oxygen atoms in total. The highest BCUT2D eigenvalue weighted by Gasteiger charge is 2.28. The Morgan fingerprint density at radius 3 is 2.48 bits per heavy atom. The SMILES string of the molecule is COc1cc(OC)c(NC(=O)C(C(C)C)n2nnc3ccccc3c2=O)cc1Cl. The van der Waals surface area contributed by atoms with E-state index < -0.39 is 11.9 Å². The largest absolute Gasteiger partial charge is 0.495 e. The summed E-state index contributed by atoms with van der Waals surface area (Å²) in [5.74, 6) is 0.117. The van der Waals surface area contributed by atoms with Gasteiger partial charge in [0.2, 0.25) is 5.91 Å². The molecule has 2 aromatic carbocycles. The highest BCUT2D eigenvalue weighted by atomic mass is 35.5. The van der Waals surface area contributed by atoms with Crippen LogP contribution in [0.2, 0.25) is 5.02 Å². The van der Waals surface area contributed by atoms with Crippen LogP contribution >= 0.6 is 11.6 Å². The molecule has 0 aliphatic rings. The summed E-state index contributed by atoms with van der Waals surface area (Å²) in [5.41, 5.74) is 0.445. The van der Waals surface area contributed by atoms with Crippen molar-refractivity contribution in [3.05, 3.63) is 51.8 Å². The van der Waals surface area contributed by atoms with Crippen LogP contribution in [0.25, 0.3) is 10.9 Å². The van der Waals surface area contributed by atoms with E-state index in [-0.39, 0.29) is 11.5 Å². The van der Waals surface area contributed by atoms with E-state index in [2.05, 4.69) is 15.6 Å². The summed E-state index contributed by atoms with van der Waals surface area (Å²) >= 11 is 6.18. The van der Waals surface area contributed by atoms with Crippen molar-refractivity contribution in [3.8, 4) is 11.5 Å². The number of anilines is 1. The van der Waals surface area contributed by atoms with Gasteiger partial charge < -0.3 is 14.8 Å². The number of aromatic nitrogens is 3. The van der Waals surface area contributed by atoms with Crippen molar-refractivity contribution >= 4 is 34.1 Å². The zero-order valence-corrected chi connectivity index (χ0v) is 17.2. The van der Waals surface area contributed by atoms with E-state index in [1.807, 2.05) is 13.8 Å². The smallest absolute Gasteiger partial charge is 0.278 e. The van der Waals surface area contributed by atoms with E-state index in [1.54, 1.807) is 30.3 Å². The topological polar surface area (TPSA) is 95.3 Å². The summed E-state index contributed by atoms with van der Waals surface area (Å²) in [5, 5.41) is 11.6. The van der Waals surface area contributed by atoms with Gasteiger partial charge in [-0.3, -0.25) is 9.59 Å². The molecular formula is C20H21ClN4O4. The van der Waals surface area contributed by atoms with Gasteiger partial charge in [-0.05, 0) is 24.1 Å². The molecule has 0 saturated carbocycles. The van der Waals surface area contributed by atoms with E-state index in [1.165, 1.54) is 20.3 Å². The minimum absolute atomic E-state index is 0.233. The monoisotopic (exact) mass is 416 g/mol. The van der Waals surface area contributed by atoms with Gasteiger partial charge in [0.05, 0.1) is 30.3 Å². The number of carbonyl (C=O) groups excluding carboxylic acids is 1. The zero-order chi connectivity index (χ0) is 21.1. The third-order valence-electron chi connectivity index (χ3n) is 4.49. The van der Waals surface area contributed by atoms with Crippen LogP contribution in [-0.2, 0) is 4.79 Å². The Bertz CT molecular complexity index is 1110. The molecule has 0 fully saturated rings. The van der Waals surface area contributed by atoms with Gasteiger partial charge in [0.1, 0.15) is 23.1 Å². The van der Waals surface area contributed by atoms with Crippen LogP contribution in [0.4, 0.5) is 5.69 Å². The Balaban J connectivity index is 2.01. The summed E-state index contributed by atoms with van der Waals surface area (Å²) in [6.07, 6.45) is 0. The highest BCUT2D eigenvalue weighted by Crippen LogP contribution is 2.36.